The van der Waals surface area contributed by atoms with Crippen molar-refractivity contribution in [2.45, 2.75) is 13.3 Å². The molecule has 0 aliphatic rings. The van der Waals surface area contributed by atoms with Crippen LogP contribution in [0.5, 0.6) is 0 Å². The molecule has 0 aliphatic heterocycles. The van der Waals surface area contributed by atoms with E-state index in [1.54, 1.807) is 18.6 Å². The van der Waals surface area contributed by atoms with Crippen molar-refractivity contribution in [3.8, 4) is 11.1 Å². The van der Waals surface area contributed by atoms with Crippen LogP contribution < -0.4 is 0 Å². The molecule has 0 unspecified atom stereocenters. The number of carbonyl (C=O) groups is 1. The molecule has 4 aromatic heterocycles. The van der Waals surface area contributed by atoms with Gasteiger partial charge in [-0.1, -0.05) is 0 Å². The molecule has 7 heteroatoms. The van der Waals surface area contributed by atoms with E-state index in [0.717, 1.165) is 21.8 Å². The van der Waals surface area contributed by atoms with Crippen LogP contribution in [0.4, 0.5) is 0 Å². The van der Waals surface area contributed by atoms with Gasteiger partial charge in [0.15, 0.2) is 5.78 Å². The third-order valence-electron chi connectivity index (χ3n) is 3.68. The zero-order valence-corrected chi connectivity index (χ0v) is 13.7. The molecule has 0 bridgehead atoms. The summed E-state index contributed by atoms with van der Waals surface area (Å²) in [4.78, 5) is 21.5. The third kappa shape index (κ3) is 2.69. The summed E-state index contributed by atoms with van der Waals surface area (Å²) in [6.45, 7) is 1.92. The first-order chi connectivity index (χ1) is 11.7. The van der Waals surface area contributed by atoms with Gasteiger partial charge in [-0.3, -0.25) is 4.79 Å². The first-order valence-corrected chi connectivity index (χ1v) is 8.26. The van der Waals surface area contributed by atoms with Crippen LogP contribution in [0.2, 0.25) is 0 Å². The second-order valence-electron chi connectivity index (χ2n) is 5.41. The molecule has 0 N–H and O–H groups in total. The number of rotatable bonds is 4. The van der Waals surface area contributed by atoms with E-state index in [2.05, 4.69) is 20.2 Å². The van der Waals surface area contributed by atoms with E-state index in [0.29, 0.717) is 11.2 Å². The highest BCUT2D eigenvalue weighted by atomic mass is 32.1. The lowest BCUT2D eigenvalue weighted by Gasteiger charge is -2.07. The van der Waals surface area contributed by atoms with Gasteiger partial charge in [0.1, 0.15) is 10.7 Å². The SMILES string of the molecule is Cc1csc(CC(=O)c2cc(-c3ccnnc3)cn3ccnc23)n1. The number of Topliss-reactive ketones (excluding diaryl/α,β-unsaturated/α-hetero) is 1. The van der Waals surface area contributed by atoms with Gasteiger partial charge in [0.25, 0.3) is 0 Å². The topological polar surface area (TPSA) is 73.0 Å². The maximum absolute atomic E-state index is 12.8. The minimum atomic E-state index is 0.00409. The van der Waals surface area contributed by atoms with E-state index >= 15 is 0 Å². The Kier molecular flexibility index (Phi) is 3.62. The summed E-state index contributed by atoms with van der Waals surface area (Å²) in [5.41, 5.74) is 3.97. The highest BCUT2D eigenvalue weighted by molar-refractivity contribution is 7.09. The minimum Gasteiger partial charge on any atom is -0.306 e. The van der Waals surface area contributed by atoms with Crippen molar-refractivity contribution in [1.82, 2.24) is 24.6 Å². The number of ketones is 1. The van der Waals surface area contributed by atoms with Crippen LogP contribution in [0.3, 0.4) is 0 Å². The first kappa shape index (κ1) is 14.6. The quantitative estimate of drug-likeness (QED) is 0.536. The molecular formula is C17H13N5OS. The summed E-state index contributed by atoms with van der Waals surface area (Å²) in [6, 6.07) is 3.73. The maximum atomic E-state index is 12.8. The van der Waals surface area contributed by atoms with Gasteiger partial charge in [0, 0.05) is 40.8 Å². The lowest BCUT2D eigenvalue weighted by molar-refractivity contribution is 0.0994. The van der Waals surface area contributed by atoms with Crippen molar-refractivity contribution >= 4 is 22.8 Å². The van der Waals surface area contributed by atoms with Gasteiger partial charge in [-0.05, 0) is 19.1 Å². The van der Waals surface area contributed by atoms with Gasteiger partial charge in [0.05, 0.1) is 24.4 Å². The summed E-state index contributed by atoms with van der Waals surface area (Å²) in [7, 11) is 0. The number of thiazole rings is 1. The number of aromatic nitrogens is 5. The molecule has 0 aromatic carbocycles. The van der Waals surface area contributed by atoms with E-state index in [-0.39, 0.29) is 12.2 Å². The summed E-state index contributed by atoms with van der Waals surface area (Å²) in [6.07, 6.45) is 9.04. The Hall–Kier alpha value is -2.93. The number of nitrogens with zero attached hydrogens (tertiary/aromatic N) is 5. The van der Waals surface area contributed by atoms with Crippen molar-refractivity contribution in [3.63, 3.8) is 0 Å². The summed E-state index contributed by atoms with van der Waals surface area (Å²) in [5.74, 6) is 0.00409. The lowest BCUT2D eigenvalue weighted by Crippen LogP contribution is -2.07. The molecule has 118 valence electrons. The monoisotopic (exact) mass is 335 g/mol. The number of hydrogen-bond donors (Lipinski definition) is 0. The zero-order chi connectivity index (χ0) is 16.5. The predicted octanol–water partition coefficient (Wildman–Crippen LogP) is 2.98. The smallest absolute Gasteiger partial charge is 0.173 e. The summed E-state index contributed by atoms with van der Waals surface area (Å²) < 4.78 is 1.86. The molecule has 24 heavy (non-hydrogen) atoms. The van der Waals surface area contributed by atoms with E-state index in [4.69, 9.17) is 0 Å². The van der Waals surface area contributed by atoms with Crippen LogP contribution in [-0.2, 0) is 6.42 Å². The fourth-order valence-electron chi connectivity index (χ4n) is 2.57. The van der Waals surface area contributed by atoms with Gasteiger partial charge in [-0.15, -0.1) is 11.3 Å². The fourth-order valence-corrected chi connectivity index (χ4v) is 3.34. The second-order valence-corrected chi connectivity index (χ2v) is 6.36. The van der Waals surface area contributed by atoms with Gasteiger partial charge in [-0.25, -0.2) is 9.97 Å². The van der Waals surface area contributed by atoms with Crippen LogP contribution in [0, 0.1) is 6.92 Å². The van der Waals surface area contributed by atoms with Crippen molar-refractivity contribution < 1.29 is 4.79 Å². The molecule has 0 spiro atoms. The van der Waals surface area contributed by atoms with Gasteiger partial charge in [0.2, 0.25) is 0 Å². The second kappa shape index (κ2) is 5.93. The average molecular weight is 335 g/mol. The third-order valence-corrected chi connectivity index (χ3v) is 4.65. The molecule has 0 saturated heterocycles. The minimum absolute atomic E-state index is 0.00409. The molecule has 0 fully saturated rings. The Bertz CT molecular complexity index is 1020. The summed E-state index contributed by atoms with van der Waals surface area (Å²) >= 11 is 1.50. The van der Waals surface area contributed by atoms with Crippen LogP contribution in [-0.4, -0.2) is 30.3 Å². The molecule has 6 nitrogen and oxygen atoms in total. The van der Waals surface area contributed by atoms with Crippen LogP contribution in [0.1, 0.15) is 21.1 Å². The molecule has 4 heterocycles. The molecule has 0 radical (unpaired) electrons. The van der Waals surface area contributed by atoms with Crippen molar-refractivity contribution in [3.05, 3.63) is 64.8 Å². The van der Waals surface area contributed by atoms with Gasteiger partial charge >= 0.3 is 0 Å². The Labute approximate surface area is 141 Å². The molecule has 4 rings (SSSR count). The average Bonchev–Trinajstić information content (AvgIpc) is 3.23. The van der Waals surface area contributed by atoms with E-state index in [1.807, 2.05) is 41.2 Å². The maximum Gasteiger partial charge on any atom is 0.173 e. The van der Waals surface area contributed by atoms with E-state index < -0.39 is 0 Å². The number of aryl methyl sites for hydroxylation is 1. The van der Waals surface area contributed by atoms with Crippen LogP contribution >= 0.6 is 11.3 Å². The largest absolute Gasteiger partial charge is 0.306 e. The molecule has 0 aliphatic carbocycles. The first-order valence-electron chi connectivity index (χ1n) is 7.39. The van der Waals surface area contributed by atoms with Crippen molar-refractivity contribution in [2.75, 3.05) is 0 Å². The molecular weight excluding hydrogens is 322 g/mol. The standard InChI is InChI=1S/C17H13N5OS/c1-11-10-24-16(21-11)7-15(23)14-6-13(12-2-3-19-20-8-12)9-22-5-4-18-17(14)22/h2-6,8-10H,7H2,1H3. The number of imidazole rings is 1. The highest BCUT2D eigenvalue weighted by Gasteiger charge is 2.16. The Balaban J connectivity index is 1.78. The normalized spacial score (nSPS) is 11.0. The number of pyridine rings is 1. The molecule has 0 atom stereocenters. The molecule has 0 amide bonds. The molecule has 4 aromatic rings. The highest BCUT2D eigenvalue weighted by Crippen LogP contribution is 2.23. The van der Waals surface area contributed by atoms with Crippen molar-refractivity contribution in [1.29, 1.82) is 0 Å². The molecule has 0 saturated carbocycles. The summed E-state index contributed by atoms with van der Waals surface area (Å²) in [5, 5.41) is 10.5. The van der Waals surface area contributed by atoms with Gasteiger partial charge in [-0.2, -0.15) is 10.2 Å². The fraction of sp³-hybridized carbons (Fsp3) is 0.118. The van der Waals surface area contributed by atoms with Crippen molar-refractivity contribution in [2.24, 2.45) is 0 Å². The van der Waals surface area contributed by atoms with Crippen LogP contribution in [0.25, 0.3) is 16.8 Å². The predicted molar refractivity (Wildman–Crippen MR) is 91.1 cm³/mol. The van der Waals surface area contributed by atoms with E-state index in [9.17, 15) is 4.79 Å². The Morgan fingerprint density at radius 2 is 2.17 bits per heavy atom. The zero-order valence-electron chi connectivity index (χ0n) is 12.9. The van der Waals surface area contributed by atoms with Gasteiger partial charge < -0.3 is 4.40 Å². The number of fused-ring (bicyclic) bond motifs is 1. The number of hydrogen-bond acceptors (Lipinski definition) is 6. The van der Waals surface area contributed by atoms with E-state index in [1.165, 1.54) is 11.3 Å². The van der Waals surface area contributed by atoms with Crippen LogP contribution in [0.15, 0.2) is 48.5 Å². The lowest BCUT2D eigenvalue weighted by atomic mass is 10.0. The Morgan fingerprint density at radius 3 is 2.92 bits per heavy atom. The number of carbonyl (C=O) groups excluding carboxylic acids is 1. The Morgan fingerprint density at radius 1 is 1.25 bits per heavy atom.